The molecule has 98 valence electrons. The van der Waals surface area contributed by atoms with Crippen molar-refractivity contribution in [1.82, 2.24) is 14.8 Å². The zero-order chi connectivity index (χ0) is 13.3. The van der Waals surface area contributed by atoms with E-state index < -0.39 is 11.9 Å². The molecule has 0 atom stereocenters. The van der Waals surface area contributed by atoms with Gasteiger partial charge in [-0.3, -0.25) is 4.79 Å². The van der Waals surface area contributed by atoms with Crippen molar-refractivity contribution in [3.63, 3.8) is 0 Å². The topological polar surface area (TPSA) is 73.7 Å². The number of hydrogen-bond acceptors (Lipinski definition) is 4. The van der Waals surface area contributed by atoms with Crippen LogP contribution in [-0.2, 0) is 11.3 Å². The molecule has 0 aromatic carbocycles. The van der Waals surface area contributed by atoms with E-state index in [1.807, 2.05) is 6.92 Å². The minimum atomic E-state index is -0.833. The molecule has 1 aliphatic heterocycles. The van der Waals surface area contributed by atoms with Gasteiger partial charge in [-0.2, -0.15) is 0 Å². The van der Waals surface area contributed by atoms with Crippen molar-refractivity contribution < 1.29 is 14.7 Å². The van der Waals surface area contributed by atoms with Crippen LogP contribution in [0.3, 0.4) is 0 Å². The summed E-state index contributed by atoms with van der Waals surface area (Å²) in [5.41, 5.74) is 2.69. The van der Waals surface area contributed by atoms with E-state index in [0.717, 1.165) is 10.6 Å². The molecule has 1 saturated heterocycles. The number of carbonyl (C=O) groups excluding carboxylic acids is 1. The summed E-state index contributed by atoms with van der Waals surface area (Å²) < 4.78 is 0. The van der Waals surface area contributed by atoms with Crippen LogP contribution in [0.25, 0.3) is 0 Å². The number of aryl methyl sites for hydroxylation is 1. The van der Waals surface area contributed by atoms with Crippen LogP contribution in [-0.4, -0.2) is 52.0 Å². The van der Waals surface area contributed by atoms with Crippen LogP contribution in [0.2, 0.25) is 0 Å². The van der Waals surface area contributed by atoms with Crippen molar-refractivity contribution in [2.75, 3.05) is 20.1 Å². The van der Waals surface area contributed by atoms with Crippen LogP contribution in [0.1, 0.15) is 10.6 Å². The summed E-state index contributed by atoms with van der Waals surface area (Å²) in [6.07, 6.45) is 0. The number of urea groups is 1. The Bertz CT molecular complexity index is 468. The molecule has 2 amide bonds. The van der Waals surface area contributed by atoms with Gasteiger partial charge in [-0.15, -0.1) is 11.3 Å². The van der Waals surface area contributed by atoms with Gasteiger partial charge in [0.25, 0.3) is 0 Å². The third-order valence-electron chi connectivity index (χ3n) is 3.05. The average Bonchev–Trinajstić information content (AvgIpc) is 2.61. The molecule has 1 aliphatic rings. The second-order valence-corrected chi connectivity index (χ2v) is 5.38. The number of rotatable bonds is 3. The van der Waals surface area contributed by atoms with Crippen LogP contribution in [0.15, 0.2) is 5.51 Å². The van der Waals surface area contributed by atoms with Crippen molar-refractivity contribution in [3.8, 4) is 0 Å². The maximum Gasteiger partial charge on any atom is 0.320 e. The lowest BCUT2D eigenvalue weighted by atomic mass is 10.0. The number of aromatic nitrogens is 1. The monoisotopic (exact) mass is 269 g/mol. The zero-order valence-corrected chi connectivity index (χ0v) is 11.1. The minimum Gasteiger partial charge on any atom is -0.481 e. The Morgan fingerprint density at radius 2 is 2.28 bits per heavy atom. The average molecular weight is 269 g/mol. The number of hydrogen-bond donors (Lipinski definition) is 1. The SMILES string of the molecule is Cc1ncsc1CN(C)C(=O)N1CC(C(=O)O)C1. The molecule has 1 aromatic heterocycles. The fraction of sp³-hybridized carbons (Fsp3) is 0.545. The second-order valence-electron chi connectivity index (χ2n) is 4.44. The first-order valence-corrected chi connectivity index (χ1v) is 6.48. The number of carboxylic acid groups (broad SMARTS) is 1. The normalized spacial score (nSPS) is 15.3. The molecule has 2 rings (SSSR count). The summed E-state index contributed by atoms with van der Waals surface area (Å²) in [6, 6.07) is -0.125. The lowest BCUT2D eigenvalue weighted by molar-refractivity contribution is -0.146. The molecule has 0 spiro atoms. The lowest BCUT2D eigenvalue weighted by Gasteiger charge is -2.38. The Labute approximate surface area is 109 Å². The van der Waals surface area contributed by atoms with Gasteiger partial charge in [-0.05, 0) is 6.92 Å². The van der Waals surface area contributed by atoms with Gasteiger partial charge in [-0.25, -0.2) is 9.78 Å². The van der Waals surface area contributed by atoms with Gasteiger partial charge in [0, 0.05) is 25.0 Å². The van der Waals surface area contributed by atoms with E-state index in [0.29, 0.717) is 19.6 Å². The summed E-state index contributed by atoms with van der Waals surface area (Å²) in [5.74, 6) is -1.24. The molecule has 6 nitrogen and oxygen atoms in total. The van der Waals surface area contributed by atoms with Crippen LogP contribution in [0, 0.1) is 12.8 Å². The number of likely N-dealkylation sites (tertiary alicyclic amines) is 1. The molecular formula is C11H15N3O3S. The van der Waals surface area contributed by atoms with Gasteiger partial charge >= 0.3 is 12.0 Å². The van der Waals surface area contributed by atoms with E-state index >= 15 is 0 Å². The Kier molecular flexibility index (Phi) is 3.51. The number of nitrogens with zero attached hydrogens (tertiary/aromatic N) is 3. The number of amides is 2. The van der Waals surface area contributed by atoms with Gasteiger partial charge in [0.1, 0.15) is 0 Å². The van der Waals surface area contributed by atoms with Gasteiger partial charge in [0.2, 0.25) is 0 Å². The smallest absolute Gasteiger partial charge is 0.320 e. The third-order valence-corrected chi connectivity index (χ3v) is 3.97. The highest BCUT2D eigenvalue weighted by molar-refractivity contribution is 7.09. The maximum absolute atomic E-state index is 12.0. The summed E-state index contributed by atoms with van der Waals surface area (Å²) in [4.78, 5) is 31.0. The fourth-order valence-electron chi connectivity index (χ4n) is 1.79. The molecule has 1 fully saturated rings. The first-order chi connectivity index (χ1) is 8.49. The fourth-order valence-corrected chi connectivity index (χ4v) is 2.62. The molecule has 0 aliphatic carbocycles. The largest absolute Gasteiger partial charge is 0.481 e. The third kappa shape index (κ3) is 2.45. The Morgan fingerprint density at radius 3 is 2.78 bits per heavy atom. The molecule has 18 heavy (non-hydrogen) atoms. The molecule has 2 heterocycles. The quantitative estimate of drug-likeness (QED) is 0.889. The molecule has 1 aromatic rings. The molecule has 0 radical (unpaired) electrons. The Morgan fingerprint density at radius 1 is 1.61 bits per heavy atom. The van der Waals surface area contributed by atoms with E-state index in [9.17, 15) is 9.59 Å². The van der Waals surface area contributed by atoms with Gasteiger partial charge in [0.15, 0.2) is 0 Å². The molecule has 1 N–H and O–H groups in total. The first-order valence-electron chi connectivity index (χ1n) is 5.61. The highest BCUT2D eigenvalue weighted by Gasteiger charge is 2.36. The van der Waals surface area contributed by atoms with E-state index in [1.54, 1.807) is 22.4 Å². The van der Waals surface area contributed by atoms with Crippen molar-refractivity contribution in [2.24, 2.45) is 5.92 Å². The number of thiazole rings is 1. The molecule has 0 bridgehead atoms. The van der Waals surface area contributed by atoms with Crippen LogP contribution in [0.5, 0.6) is 0 Å². The first kappa shape index (κ1) is 12.8. The van der Waals surface area contributed by atoms with Crippen molar-refractivity contribution >= 4 is 23.3 Å². The van der Waals surface area contributed by atoms with Gasteiger partial charge < -0.3 is 14.9 Å². The summed E-state index contributed by atoms with van der Waals surface area (Å²) in [5, 5.41) is 8.76. The Hall–Kier alpha value is -1.63. The standard InChI is InChI=1S/C11H15N3O3S/c1-7-9(18-6-12-7)5-13(2)11(17)14-3-8(4-14)10(15)16/h6,8H,3-5H2,1-2H3,(H,15,16). The van der Waals surface area contributed by atoms with E-state index in [2.05, 4.69) is 4.98 Å². The van der Waals surface area contributed by atoms with Gasteiger partial charge in [0.05, 0.1) is 23.7 Å². The predicted molar refractivity (Wildman–Crippen MR) is 66.4 cm³/mol. The van der Waals surface area contributed by atoms with E-state index in [4.69, 9.17) is 5.11 Å². The molecule has 0 saturated carbocycles. The molecule has 0 unspecified atom stereocenters. The van der Waals surface area contributed by atoms with E-state index in [1.165, 1.54) is 11.3 Å². The molecular weight excluding hydrogens is 254 g/mol. The lowest BCUT2D eigenvalue weighted by Crippen LogP contribution is -2.56. The van der Waals surface area contributed by atoms with Crippen molar-refractivity contribution in [2.45, 2.75) is 13.5 Å². The van der Waals surface area contributed by atoms with Crippen LogP contribution >= 0.6 is 11.3 Å². The number of carboxylic acids is 1. The number of aliphatic carboxylic acids is 1. The summed E-state index contributed by atoms with van der Waals surface area (Å²) >= 11 is 1.52. The maximum atomic E-state index is 12.0. The van der Waals surface area contributed by atoms with Crippen molar-refractivity contribution in [3.05, 3.63) is 16.1 Å². The predicted octanol–water partition coefficient (Wildman–Crippen LogP) is 1.02. The van der Waals surface area contributed by atoms with Crippen LogP contribution in [0.4, 0.5) is 4.79 Å². The highest BCUT2D eigenvalue weighted by atomic mass is 32.1. The number of carbonyl (C=O) groups is 2. The van der Waals surface area contributed by atoms with Crippen molar-refractivity contribution in [1.29, 1.82) is 0 Å². The summed E-state index contributed by atoms with van der Waals surface area (Å²) in [6.45, 7) is 3.04. The minimum absolute atomic E-state index is 0.125. The Balaban J connectivity index is 1.87. The highest BCUT2D eigenvalue weighted by Crippen LogP contribution is 2.19. The van der Waals surface area contributed by atoms with E-state index in [-0.39, 0.29) is 6.03 Å². The van der Waals surface area contributed by atoms with Gasteiger partial charge in [-0.1, -0.05) is 0 Å². The molecule has 7 heteroatoms. The summed E-state index contributed by atoms with van der Waals surface area (Å²) in [7, 11) is 1.72. The van der Waals surface area contributed by atoms with Crippen LogP contribution < -0.4 is 0 Å². The zero-order valence-electron chi connectivity index (χ0n) is 10.3. The second kappa shape index (κ2) is 4.93.